The molecular weight excluding hydrogens is 506 g/mol. The minimum absolute atomic E-state index is 0.00703. The zero-order valence-corrected chi connectivity index (χ0v) is 22.5. The van der Waals surface area contributed by atoms with Crippen LogP contribution in [-0.2, 0) is 16.4 Å². The highest BCUT2D eigenvalue weighted by Crippen LogP contribution is 2.34. The van der Waals surface area contributed by atoms with Gasteiger partial charge in [-0.25, -0.2) is 8.42 Å². The van der Waals surface area contributed by atoms with E-state index in [0.29, 0.717) is 35.2 Å². The second kappa shape index (κ2) is 11.8. The first kappa shape index (κ1) is 26.7. The van der Waals surface area contributed by atoms with Crippen LogP contribution >= 0.6 is 11.6 Å². The molecule has 0 N–H and O–H groups in total. The van der Waals surface area contributed by atoms with Gasteiger partial charge in [0.25, 0.3) is 0 Å². The fraction of sp³-hybridized carbons (Fsp3) is 0.207. The molecule has 0 saturated heterocycles. The first-order chi connectivity index (χ1) is 17.8. The summed E-state index contributed by atoms with van der Waals surface area (Å²) in [6, 6.07) is 18.2. The summed E-state index contributed by atoms with van der Waals surface area (Å²) >= 11 is 5.59. The molecule has 0 saturated carbocycles. The van der Waals surface area contributed by atoms with E-state index in [1.165, 1.54) is 5.54 Å². The summed E-state index contributed by atoms with van der Waals surface area (Å²) in [7, 11) is -1.93. The lowest BCUT2D eigenvalue weighted by Crippen LogP contribution is -2.23. The van der Waals surface area contributed by atoms with E-state index in [0.717, 1.165) is 24.0 Å². The molecule has 8 heteroatoms. The van der Waals surface area contributed by atoms with E-state index in [1.807, 2.05) is 55.6 Å². The number of nitrogens with zero attached hydrogens (tertiary/aromatic N) is 3. The smallest absolute Gasteiger partial charge is 0.226 e. The molecule has 0 aliphatic heterocycles. The van der Waals surface area contributed by atoms with Crippen LogP contribution in [0, 0.1) is 0 Å². The summed E-state index contributed by atoms with van der Waals surface area (Å²) in [6.07, 6.45) is 5.27. The van der Waals surface area contributed by atoms with E-state index in [4.69, 9.17) is 16.3 Å². The van der Waals surface area contributed by atoms with Gasteiger partial charge < -0.3 is 9.64 Å². The highest BCUT2D eigenvalue weighted by molar-refractivity contribution is 7.91. The number of benzene rings is 3. The average molecular weight is 536 g/mol. The fourth-order valence-corrected chi connectivity index (χ4v) is 5.71. The number of allylic oxidation sites excluding steroid dienone is 4. The number of aromatic nitrogens is 2. The number of hydrogen-bond donors (Lipinski definition) is 0. The predicted octanol–water partition coefficient (Wildman–Crippen LogP) is 6.22. The Morgan fingerprint density at radius 3 is 2.68 bits per heavy atom. The number of ether oxygens (including phenoxy) is 1. The van der Waals surface area contributed by atoms with Crippen molar-refractivity contribution in [1.82, 2.24) is 14.7 Å². The van der Waals surface area contributed by atoms with Gasteiger partial charge in [-0.2, -0.15) is 5.10 Å². The monoisotopic (exact) mass is 535 g/mol. The van der Waals surface area contributed by atoms with Crippen molar-refractivity contribution < 1.29 is 13.2 Å². The molecule has 3 aromatic carbocycles. The number of rotatable bonds is 11. The zero-order chi connectivity index (χ0) is 26.4. The number of fused-ring (bicyclic) bond motifs is 2. The van der Waals surface area contributed by atoms with E-state index in [-0.39, 0.29) is 9.92 Å². The normalized spacial score (nSPS) is 12.4. The fourth-order valence-electron chi connectivity index (χ4n) is 4.03. The molecule has 0 bridgehead atoms. The average Bonchev–Trinajstić information content (AvgIpc) is 3.26. The molecule has 0 spiro atoms. The molecule has 37 heavy (non-hydrogen) atoms. The molecule has 0 atom stereocenters. The van der Waals surface area contributed by atoms with Crippen LogP contribution in [0.3, 0.4) is 0 Å². The Kier molecular flexibility index (Phi) is 8.48. The van der Waals surface area contributed by atoms with E-state index < -0.39 is 9.84 Å². The lowest BCUT2D eigenvalue weighted by atomic mass is 10.1. The van der Waals surface area contributed by atoms with Crippen LogP contribution in [0.4, 0.5) is 0 Å². The molecule has 0 fully saturated rings. The third kappa shape index (κ3) is 5.96. The lowest BCUT2D eigenvalue weighted by molar-refractivity contribution is 0.244. The largest absolute Gasteiger partial charge is 0.492 e. The molecular formula is C29H30ClN3O3S. The van der Waals surface area contributed by atoms with Crippen molar-refractivity contribution in [1.29, 1.82) is 0 Å². The summed E-state index contributed by atoms with van der Waals surface area (Å²) < 4.78 is 35.7. The number of halogens is 1. The summed E-state index contributed by atoms with van der Waals surface area (Å²) in [4.78, 5) is 2.37. The Morgan fingerprint density at radius 2 is 1.89 bits per heavy atom. The molecule has 0 aliphatic rings. The summed E-state index contributed by atoms with van der Waals surface area (Å²) in [5.74, 6) is 0.594. The van der Waals surface area contributed by atoms with Crippen LogP contribution < -0.4 is 4.74 Å². The molecule has 0 aliphatic carbocycles. The number of likely N-dealkylation sites (N-methyl/N-ethyl adjacent to an activating group) is 1. The van der Waals surface area contributed by atoms with Gasteiger partial charge in [0.15, 0.2) is 5.03 Å². The van der Waals surface area contributed by atoms with Gasteiger partial charge in [-0.1, -0.05) is 79.7 Å². The highest BCUT2D eigenvalue weighted by atomic mass is 35.5. The molecule has 0 unspecified atom stereocenters. The van der Waals surface area contributed by atoms with Crippen molar-refractivity contribution >= 4 is 43.1 Å². The summed E-state index contributed by atoms with van der Waals surface area (Å²) in [6.45, 7) is 8.65. The summed E-state index contributed by atoms with van der Waals surface area (Å²) in [5, 5.41) is 6.61. The minimum Gasteiger partial charge on any atom is -0.492 e. The Bertz CT molecular complexity index is 1580. The molecule has 4 rings (SSSR count). The van der Waals surface area contributed by atoms with Crippen molar-refractivity contribution in [3.63, 3.8) is 0 Å². The van der Waals surface area contributed by atoms with Gasteiger partial charge in [-0.3, -0.25) is 4.68 Å². The minimum atomic E-state index is -3.95. The van der Waals surface area contributed by atoms with Crippen LogP contribution in [-0.4, -0.2) is 49.8 Å². The van der Waals surface area contributed by atoms with Crippen molar-refractivity contribution in [2.75, 3.05) is 26.7 Å². The van der Waals surface area contributed by atoms with Crippen LogP contribution in [0.25, 0.3) is 21.7 Å². The van der Waals surface area contributed by atoms with Crippen LogP contribution in [0.5, 0.6) is 5.75 Å². The predicted molar refractivity (Wildman–Crippen MR) is 151 cm³/mol. The quantitative estimate of drug-likeness (QED) is 0.213. The number of hydrogen-bond acceptors (Lipinski definition) is 5. The second-order valence-electron chi connectivity index (χ2n) is 8.70. The van der Waals surface area contributed by atoms with Gasteiger partial charge in [0.05, 0.1) is 17.0 Å². The first-order valence-corrected chi connectivity index (χ1v) is 13.9. The van der Waals surface area contributed by atoms with E-state index in [1.54, 1.807) is 35.0 Å². The van der Waals surface area contributed by atoms with Crippen LogP contribution in [0.2, 0.25) is 0 Å². The van der Waals surface area contributed by atoms with Crippen molar-refractivity contribution in [3.8, 4) is 5.75 Å². The van der Waals surface area contributed by atoms with Crippen LogP contribution in [0.15, 0.2) is 107 Å². The van der Waals surface area contributed by atoms with Crippen molar-refractivity contribution in [2.24, 2.45) is 0 Å². The number of sulfone groups is 1. The standard InChI is InChI=1S/C29H30ClN3O3S/c1-4-32(3)18-19-36-24-15-16-27-26(20-24)29(31-33(27)21-22(2)10-7-8-17-30)37(34,35)28-14-9-12-23-11-5-6-13-25(23)28/h5-17,20H,2,4,18-19,21H2,1,3H3/b10-7-,17-8+. The maximum absolute atomic E-state index is 14.0. The van der Waals surface area contributed by atoms with Gasteiger partial charge >= 0.3 is 0 Å². The van der Waals surface area contributed by atoms with Gasteiger partial charge in [0, 0.05) is 22.9 Å². The Labute approximate surface area is 223 Å². The van der Waals surface area contributed by atoms with Gasteiger partial charge in [0.2, 0.25) is 9.84 Å². The molecule has 6 nitrogen and oxygen atoms in total. The molecule has 4 aromatic rings. The molecule has 0 radical (unpaired) electrons. The van der Waals surface area contributed by atoms with E-state index in [2.05, 4.69) is 23.5 Å². The second-order valence-corrected chi connectivity index (χ2v) is 10.8. The lowest BCUT2D eigenvalue weighted by Gasteiger charge is -2.14. The SMILES string of the molecule is C=C(/C=C\C=C\Cl)Cn1nc(S(=O)(=O)c2cccc3ccccc23)c2cc(OCCN(C)CC)ccc21. The van der Waals surface area contributed by atoms with Crippen molar-refractivity contribution in [2.45, 2.75) is 23.4 Å². The third-order valence-corrected chi connectivity index (χ3v) is 8.02. The maximum Gasteiger partial charge on any atom is 0.226 e. The van der Waals surface area contributed by atoms with Crippen molar-refractivity contribution in [3.05, 3.63) is 96.6 Å². The molecule has 1 aromatic heterocycles. The first-order valence-electron chi connectivity index (χ1n) is 12.0. The zero-order valence-electron chi connectivity index (χ0n) is 21.0. The van der Waals surface area contributed by atoms with Crippen LogP contribution in [0.1, 0.15) is 6.92 Å². The Balaban J connectivity index is 1.81. The van der Waals surface area contributed by atoms with Gasteiger partial charge in [-0.05, 0) is 48.8 Å². The highest BCUT2D eigenvalue weighted by Gasteiger charge is 2.27. The summed E-state index contributed by atoms with van der Waals surface area (Å²) in [5.41, 5.74) is 2.83. The maximum atomic E-state index is 14.0. The molecule has 0 amide bonds. The van der Waals surface area contributed by atoms with E-state index in [9.17, 15) is 8.42 Å². The van der Waals surface area contributed by atoms with E-state index >= 15 is 0 Å². The van der Waals surface area contributed by atoms with Gasteiger partial charge in [-0.15, -0.1) is 0 Å². The topological polar surface area (TPSA) is 64.4 Å². The molecule has 192 valence electrons. The third-order valence-electron chi connectivity index (χ3n) is 6.13. The van der Waals surface area contributed by atoms with Gasteiger partial charge in [0.1, 0.15) is 12.4 Å². The Hall–Kier alpha value is -3.39. The molecule has 1 heterocycles. The Morgan fingerprint density at radius 1 is 1.11 bits per heavy atom.